The summed E-state index contributed by atoms with van der Waals surface area (Å²) < 4.78 is 1.35. The Morgan fingerprint density at radius 1 is 1.46 bits per heavy atom. The van der Waals surface area contributed by atoms with Crippen LogP contribution in [0.4, 0.5) is 5.69 Å². The molecule has 1 atom stereocenters. The van der Waals surface area contributed by atoms with Crippen LogP contribution in [0.2, 0.25) is 5.15 Å². The molecule has 0 spiro atoms. The van der Waals surface area contributed by atoms with Crippen molar-refractivity contribution >= 4 is 44.7 Å². The Balaban J connectivity index is 1.63. The Labute approximate surface area is 158 Å². The lowest BCUT2D eigenvalue weighted by molar-refractivity contribution is -0.116. The zero-order valence-electron chi connectivity index (χ0n) is 14.2. The molecule has 0 saturated carbocycles. The van der Waals surface area contributed by atoms with Gasteiger partial charge in [-0.2, -0.15) is 0 Å². The summed E-state index contributed by atoms with van der Waals surface area (Å²) in [6.45, 7) is 2.11. The predicted octanol–water partition coefficient (Wildman–Crippen LogP) is 3.27. The van der Waals surface area contributed by atoms with E-state index in [1.807, 2.05) is 0 Å². The number of carbonyl (C=O) groups is 1. The summed E-state index contributed by atoms with van der Waals surface area (Å²) >= 11 is 7.55. The molecule has 0 bridgehead atoms. The summed E-state index contributed by atoms with van der Waals surface area (Å²) in [5.41, 5.74) is 1.38. The first-order valence-electron chi connectivity index (χ1n) is 8.43. The lowest BCUT2D eigenvalue weighted by Gasteiger charge is -2.17. The molecule has 4 rings (SSSR count). The maximum absolute atomic E-state index is 12.9. The van der Waals surface area contributed by atoms with E-state index in [9.17, 15) is 9.59 Å². The highest BCUT2D eigenvalue weighted by Crippen LogP contribution is 2.35. The molecule has 3 heterocycles. The van der Waals surface area contributed by atoms with Crippen molar-refractivity contribution in [3.8, 4) is 0 Å². The fourth-order valence-corrected chi connectivity index (χ4v) is 4.81. The number of anilines is 1. The van der Waals surface area contributed by atoms with Crippen molar-refractivity contribution in [3.63, 3.8) is 0 Å². The highest BCUT2D eigenvalue weighted by atomic mass is 35.5. The smallest absolute Gasteiger partial charge is 0.262 e. The van der Waals surface area contributed by atoms with E-state index >= 15 is 0 Å². The first-order valence-corrected chi connectivity index (χ1v) is 9.62. The maximum atomic E-state index is 12.9. The van der Waals surface area contributed by atoms with Gasteiger partial charge in [-0.15, -0.1) is 11.3 Å². The molecule has 26 heavy (non-hydrogen) atoms. The Bertz CT molecular complexity index is 1060. The van der Waals surface area contributed by atoms with E-state index < -0.39 is 0 Å². The van der Waals surface area contributed by atoms with E-state index in [1.54, 1.807) is 29.7 Å². The number of carbonyl (C=O) groups excluding carboxylic acids is 1. The number of rotatable bonds is 3. The van der Waals surface area contributed by atoms with E-state index in [0.29, 0.717) is 17.0 Å². The number of hydrogen-bond donors (Lipinski definition) is 1. The molecule has 3 aromatic rings. The van der Waals surface area contributed by atoms with Crippen molar-refractivity contribution in [3.05, 3.63) is 50.6 Å². The maximum Gasteiger partial charge on any atom is 0.262 e. The highest BCUT2D eigenvalue weighted by molar-refractivity contribution is 7.18. The molecular weight excluding hydrogens is 372 g/mol. The number of halogens is 1. The average molecular weight is 389 g/mol. The molecule has 1 aliphatic rings. The van der Waals surface area contributed by atoms with E-state index in [2.05, 4.69) is 22.2 Å². The van der Waals surface area contributed by atoms with Crippen molar-refractivity contribution in [1.82, 2.24) is 14.5 Å². The lowest BCUT2D eigenvalue weighted by atomic mass is 9.89. The number of nitrogens with one attached hydrogen (secondary N) is 1. The van der Waals surface area contributed by atoms with E-state index in [0.717, 1.165) is 29.7 Å². The molecule has 0 aromatic carbocycles. The summed E-state index contributed by atoms with van der Waals surface area (Å²) in [6, 6.07) is 3.34. The van der Waals surface area contributed by atoms with Gasteiger partial charge in [0.25, 0.3) is 5.56 Å². The van der Waals surface area contributed by atoms with Crippen LogP contribution in [0.15, 0.2) is 29.5 Å². The van der Waals surface area contributed by atoms with Crippen molar-refractivity contribution in [2.45, 2.75) is 32.7 Å². The largest absolute Gasteiger partial charge is 0.322 e. The molecular formula is C18H17ClN4O2S. The molecule has 6 nitrogen and oxygen atoms in total. The first kappa shape index (κ1) is 17.2. The Morgan fingerprint density at radius 3 is 3.12 bits per heavy atom. The monoisotopic (exact) mass is 388 g/mol. The minimum Gasteiger partial charge on any atom is -0.322 e. The van der Waals surface area contributed by atoms with Crippen LogP contribution in [0.25, 0.3) is 10.2 Å². The van der Waals surface area contributed by atoms with Gasteiger partial charge >= 0.3 is 0 Å². The Hall–Kier alpha value is -2.25. The van der Waals surface area contributed by atoms with Crippen LogP contribution < -0.4 is 10.9 Å². The first-order chi connectivity index (χ1) is 12.5. The Morgan fingerprint density at radius 2 is 2.31 bits per heavy atom. The van der Waals surface area contributed by atoms with Crippen LogP contribution >= 0.6 is 22.9 Å². The molecule has 1 aliphatic carbocycles. The fraction of sp³-hybridized carbons (Fsp3) is 0.333. The summed E-state index contributed by atoms with van der Waals surface area (Å²) in [4.78, 5) is 35.6. The molecule has 0 saturated heterocycles. The molecule has 1 amide bonds. The molecule has 0 unspecified atom stereocenters. The highest BCUT2D eigenvalue weighted by Gasteiger charge is 2.23. The van der Waals surface area contributed by atoms with Gasteiger partial charge in [-0.3, -0.25) is 14.2 Å². The second-order valence-electron chi connectivity index (χ2n) is 6.60. The minimum absolute atomic E-state index is 0.117. The van der Waals surface area contributed by atoms with Gasteiger partial charge in [0.05, 0.1) is 17.4 Å². The van der Waals surface area contributed by atoms with Gasteiger partial charge in [0.2, 0.25) is 5.91 Å². The van der Waals surface area contributed by atoms with Crippen molar-refractivity contribution in [2.75, 3.05) is 5.32 Å². The standard InChI is InChI=1S/C18H17ClN4O2S/c1-10-4-5-11-13(7-10)26-17-15(11)18(25)23(9-21-17)8-14(24)22-12-3-2-6-20-16(12)19/h2-3,6,9-10H,4-5,7-8H2,1H3,(H,22,24)/t10-/m0/s1. The summed E-state index contributed by atoms with van der Waals surface area (Å²) in [5.74, 6) is 0.286. The van der Waals surface area contributed by atoms with E-state index in [1.165, 1.54) is 15.8 Å². The quantitative estimate of drug-likeness (QED) is 0.698. The van der Waals surface area contributed by atoms with Crippen LogP contribution in [0.5, 0.6) is 0 Å². The van der Waals surface area contributed by atoms with Crippen LogP contribution in [0.1, 0.15) is 23.8 Å². The SMILES string of the molecule is C[C@H]1CCc2c(sc3ncn(CC(=O)Nc4cccnc4Cl)c(=O)c23)C1. The van der Waals surface area contributed by atoms with Gasteiger partial charge in [0, 0.05) is 11.1 Å². The number of aromatic nitrogens is 3. The predicted molar refractivity (Wildman–Crippen MR) is 103 cm³/mol. The number of amides is 1. The molecule has 0 radical (unpaired) electrons. The Kier molecular flexibility index (Phi) is 4.50. The third-order valence-corrected chi connectivity index (χ3v) is 6.09. The van der Waals surface area contributed by atoms with Crippen LogP contribution in [-0.2, 0) is 24.2 Å². The molecule has 3 aromatic heterocycles. The normalized spacial score (nSPS) is 16.5. The lowest BCUT2D eigenvalue weighted by Crippen LogP contribution is -2.28. The summed E-state index contributed by atoms with van der Waals surface area (Å²) in [5, 5.41) is 3.56. The van der Waals surface area contributed by atoms with Gasteiger partial charge in [-0.25, -0.2) is 9.97 Å². The molecule has 134 valence electrons. The summed E-state index contributed by atoms with van der Waals surface area (Å²) in [7, 11) is 0. The zero-order valence-corrected chi connectivity index (χ0v) is 15.7. The second kappa shape index (κ2) is 6.81. The third kappa shape index (κ3) is 3.12. The molecule has 1 N–H and O–H groups in total. The van der Waals surface area contributed by atoms with E-state index in [-0.39, 0.29) is 23.2 Å². The fourth-order valence-electron chi connectivity index (χ4n) is 3.30. The van der Waals surface area contributed by atoms with Gasteiger partial charge in [-0.05, 0) is 42.9 Å². The minimum atomic E-state index is -0.346. The van der Waals surface area contributed by atoms with Gasteiger partial charge < -0.3 is 5.32 Å². The number of fused-ring (bicyclic) bond motifs is 3. The number of aryl methyl sites for hydroxylation is 1. The van der Waals surface area contributed by atoms with Crippen molar-refractivity contribution in [2.24, 2.45) is 5.92 Å². The molecule has 0 aliphatic heterocycles. The third-order valence-electron chi connectivity index (χ3n) is 4.63. The van der Waals surface area contributed by atoms with E-state index in [4.69, 9.17) is 11.6 Å². The van der Waals surface area contributed by atoms with Crippen LogP contribution in [0.3, 0.4) is 0 Å². The van der Waals surface area contributed by atoms with Crippen LogP contribution in [0, 0.1) is 5.92 Å². The zero-order chi connectivity index (χ0) is 18.3. The number of pyridine rings is 1. The van der Waals surface area contributed by atoms with Gasteiger partial charge in [0.1, 0.15) is 11.4 Å². The molecule has 0 fully saturated rings. The topological polar surface area (TPSA) is 76.9 Å². The van der Waals surface area contributed by atoms with Gasteiger partial charge in [0.15, 0.2) is 5.15 Å². The number of hydrogen-bond acceptors (Lipinski definition) is 5. The van der Waals surface area contributed by atoms with Crippen LogP contribution in [-0.4, -0.2) is 20.4 Å². The number of nitrogens with zero attached hydrogens (tertiary/aromatic N) is 3. The second-order valence-corrected chi connectivity index (χ2v) is 8.04. The molecule has 8 heteroatoms. The summed E-state index contributed by atoms with van der Waals surface area (Å²) in [6.07, 6.45) is 5.96. The number of thiophene rings is 1. The van der Waals surface area contributed by atoms with Gasteiger partial charge in [-0.1, -0.05) is 18.5 Å². The van der Waals surface area contributed by atoms with Crippen molar-refractivity contribution < 1.29 is 4.79 Å². The average Bonchev–Trinajstić information content (AvgIpc) is 2.97. The van der Waals surface area contributed by atoms with Crippen molar-refractivity contribution in [1.29, 1.82) is 0 Å².